The van der Waals surface area contributed by atoms with Crippen LogP contribution in [0.2, 0.25) is 10.4 Å². The Labute approximate surface area is 96.8 Å². The van der Waals surface area contributed by atoms with E-state index in [-0.39, 0.29) is 15.9 Å². The van der Waals surface area contributed by atoms with Gasteiger partial charge in [-0.1, -0.05) is 11.6 Å². The van der Waals surface area contributed by atoms with Crippen molar-refractivity contribution in [3.8, 4) is 0 Å². The van der Waals surface area contributed by atoms with Crippen molar-refractivity contribution in [2.24, 2.45) is 5.92 Å². The Bertz CT molecular complexity index is 428. The van der Waals surface area contributed by atoms with E-state index in [0.29, 0.717) is 11.6 Å². The standard InChI is InChI=1S/C10H9Cl2FN2/c11-8-6(13)7(14-9(12)15-8)10(3-4-10)5-1-2-5/h5H,1-4H2. The minimum absolute atomic E-state index is 0.0447. The maximum absolute atomic E-state index is 13.8. The van der Waals surface area contributed by atoms with Gasteiger partial charge in [-0.25, -0.2) is 14.4 Å². The molecule has 0 saturated heterocycles. The summed E-state index contributed by atoms with van der Waals surface area (Å²) in [4.78, 5) is 7.62. The molecule has 0 bridgehead atoms. The maximum atomic E-state index is 13.8. The van der Waals surface area contributed by atoms with E-state index in [9.17, 15) is 4.39 Å². The van der Waals surface area contributed by atoms with Crippen molar-refractivity contribution in [1.82, 2.24) is 9.97 Å². The maximum Gasteiger partial charge on any atom is 0.224 e. The van der Waals surface area contributed by atoms with E-state index in [1.165, 1.54) is 12.8 Å². The second-order valence-electron chi connectivity index (χ2n) is 4.38. The molecule has 0 aliphatic heterocycles. The zero-order chi connectivity index (χ0) is 10.6. The van der Waals surface area contributed by atoms with Crippen LogP contribution in [0.25, 0.3) is 0 Å². The molecule has 5 heteroatoms. The van der Waals surface area contributed by atoms with Gasteiger partial charge in [-0.05, 0) is 43.2 Å². The van der Waals surface area contributed by atoms with Crippen LogP contribution >= 0.6 is 23.2 Å². The van der Waals surface area contributed by atoms with Gasteiger partial charge in [0, 0.05) is 5.41 Å². The molecule has 15 heavy (non-hydrogen) atoms. The van der Waals surface area contributed by atoms with Gasteiger partial charge in [0.1, 0.15) is 0 Å². The fourth-order valence-corrected chi connectivity index (χ4v) is 2.71. The van der Waals surface area contributed by atoms with Gasteiger partial charge in [0.05, 0.1) is 5.69 Å². The van der Waals surface area contributed by atoms with Gasteiger partial charge in [-0.2, -0.15) is 0 Å². The third-order valence-electron chi connectivity index (χ3n) is 3.40. The minimum atomic E-state index is -0.481. The Morgan fingerprint density at radius 1 is 1.20 bits per heavy atom. The molecule has 1 heterocycles. The number of halogens is 3. The van der Waals surface area contributed by atoms with Crippen LogP contribution < -0.4 is 0 Å². The van der Waals surface area contributed by atoms with Crippen molar-refractivity contribution in [2.45, 2.75) is 31.1 Å². The number of rotatable bonds is 2. The van der Waals surface area contributed by atoms with Crippen molar-refractivity contribution < 1.29 is 4.39 Å². The highest BCUT2D eigenvalue weighted by atomic mass is 35.5. The lowest BCUT2D eigenvalue weighted by molar-refractivity contribution is 0.509. The summed E-state index contributed by atoms with van der Waals surface area (Å²) in [5.74, 6) is 0.0968. The van der Waals surface area contributed by atoms with Gasteiger partial charge >= 0.3 is 0 Å². The predicted molar refractivity (Wildman–Crippen MR) is 55.6 cm³/mol. The molecule has 3 rings (SSSR count). The summed E-state index contributed by atoms with van der Waals surface area (Å²) in [7, 11) is 0. The molecule has 0 unspecified atom stereocenters. The molecule has 0 atom stereocenters. The van der Waals surface area contributed by atoms with Crippen LogP contribution in [0.4, 0.5) is 4.39 Å². The molecule has 0 N–H and O–H groups in total. The quantitative estimate of drug-likeness (QED) is 0.591. The van der Waals surface area contributed by atoms with Gasteiger partial charge in [0.25, 0.3) is 0 Å². The van der Waals surface area contributed by atoms with Crippen molar-refractivity contribution in [3.63, 3.8) is 0 Å². The van der Waals surface area contributed by atoms with E-state index in [2.05, 4.69) is 9.97 Å². The van der Waals surface area contributed by atoms with Gasteiger partial charge in [0.15, 0.2) is 11.0 Å². The van der Waals surface area contributed by atoms with Gasteiger partial charge in [-0.15, -0.1) is 0 Å². The molecule has 0 aromatic carbocycles. The summed E-state index contributed by atoms with van der Waals surface area (Å²) in [5.41, 5.74) is 0.371. The van der Waals surface area contributed by atoms with Crippen LogP contribution in [-0.4, -0.2) is 9.97 Å². The molecule has 80 valence electrons. The molecule has 0 radical (unpaired) electrons. The molecule has 0 amide bonds. The highest BCUT2D eigenvalue weighted by Crippen LogP contribution is 2.62. The first-order valence-electron chi connectivity index (χ1n) is 5.02. The Hall–Kier alpha value is -0.410. The lowest BCUT2D eigenvalue weighted by atomic mass is 9.95. The van der Waals surface area contributed by atoms with Crippen LogP contribution in [-0.2, 0) is 5.41 Å². The molecule has 0 spiro atoms. The topological polar surface area (TPSA) is 25.8 Å². The van der Waals surface area contributed by atoms with E-state index >= 15 is 0 Å². The summed E-state index contributed by atoms with van der Waals surface area (Å²) in [5, 5.41) is -0.111. The van der Waals surface area contributed by atoms with Gasteiger partial charge in [0.2, 0.25) is 5.28 Å². The largest absolute Gasteiger partial charge is 0.224 e. The Kier molecular flexibility index (Phi) is 1.99. The van der Waals surface area contributed by atoms with E-state index in [1.807, 2.05) is 0 Å². The first kappa shape index (κ1) is 9.79. The lowest BCUT2D eigenvalue weighted by Gasteiger charge is -2.14. The highest BCUT2D eigenvalue weighted by Gasteiger charge is 2.57. The molecule has 2 aliphatic rings. The molecule has 1 aromatic heterocycles. The van der Waals surface area contributed by atoms with Crippen LogP contribution in [0.3, 0.4) is 0 Å². The van der Waals surface area contributed by atoms with Crippen LogP contribution in [0, 0.1) is 11.7 Å². The minimum Gasteiger partial charge on any atom is -0.219 e. The predicted octanol–water partition coefficient (Wildman–Crippen LogP) is 3.36. The van der Waals surface area contributed by atoms with Crippen LogP contribution in [0.1, 0.15) is 31.4 Å². The van der Waals surface area contributed by atoms with Gasteiger partial charge in [-0.3, -0.25) is 0 Å². The zero-order valence-corrected chi connectivity index (χ0v) is 9.45. The molecule has 2 nitrogen and oxygen atoms in total. The SMILES string of the molecule is Fc1c(Cl)nc(Cl)nc1C1(C2CC2)CC1. The molecule has 1 aromatic rings. The molecule has 2 aliphatic carbocycles. The normalized spacial score (nSPS) is 22.9. The number of nitrogens with zero attached hydrogens (tertiary/aromatic N) is 2. The molecular formula is C10H9Cl2FN2. The summed E-state index contributed by atoms with van der Waals surface area (Å²) < 4.78 is 13.8. The van der Waals surface area contributed by atoms with Crippen LogP contribution in [0.15, 0.2) is 0 Å². The smallest absolute Gasteiger partial charge is 0.219 e. The summed E-state index contributed by atoms with van der Waals surface area (Å²) in [6.07, 6.45) is 4.33. The average Bonchev–Trinajstić information content (AvgIpc) is 3.01. The third kappa shape index (κ3) is 1.44. The highest BCUT2D eigenvalue weighted by molar-refractivity contribution is 6.31. The third-order valence-corrected chi connectivity index (χ3v) is 3.82. The molecule has 2 fully saturated rings. The number of hydrogen-bond donors (Lipinski definition) is 0. The monoisotopic (exact) mass is 246 g/mol. The Morgan fingerprint density at radius 2 is 1.87 bits per heavy atom. The van der Waals surface area contributed by atoms with Crippen molar-refractivity contribution in [1.29, 1.82) is 0 Å². The van der Waals surface area contributed by atoms with E-state index in [1.54, 1.807) is 0 Å². The first-order valence-corrected chi connectivity index (χ1v) is 5.78. The first-order chi connectivity index (χ1) is 7.13. The Balaban J connectivity index is 2.11. The summed E-state index contributed by atoms with van der Waals surface area (Å²) in [6, 6.07) is 0. The Morgan fingerprint density at radius 3 is 2.40 bits per heavy atom. The van der Waals surface area contributed by atoms with Crippen molar-refractivity contribution in [3.05, 3.63) is 21.9 Å². The summed E-state index contributed by atoms with van der Waals surface area (Å²) >= 11 is 11.4. The second-order valence-corrected chi connectivity index (χ2v) is 5.07. The zero-order valence-electron chi connectivity index (χ0n) is 7.93. The van der Waals surface area contributed by atoms with E-state index < -0.39 is 5.82 Å². The molecule has 2 saturated carbocycles. The van der Waals surface area contributed by atoms with E-state index in [4.69, 9.17) is 23.2 Å². The van der Waals surface area contributed by atoms with Crippen molar-refractivity contribution >= 4 is 23.2 Å². The number of hydrogen-bond acceptors (Lipinski definition) is 2. The lowest BCUT2D eigenvalue weighted by Crippen LogP contribution is -2.15. The van der Waals surface area contributed by atoms with Crippen molar-refractivity contribution in [2.75, 3.05) is 0 Å². The van der Waals surface area contributed by atoms with E-state index in [0.717, 1.165) is 12.8 Å². The summed E-state index contributed by atoms with van der Waals surface area (Å²) in [6.45, 7) is 0. The average molecular weight is 247 g/mol. The fraction of sp³-hybridized carbons (Fsp3) is 0.600. The second kappa shape index (κ2) is 3.05. The van der Waals surface area contributed by atoms with Gasteiger partial charge < -0.3 is 0 Å². The molecular weight excluding hydrogens is 238 g/mol. The van der Waals surface area contributed by atoms with Crippen LogP contribution in [0.5, 0.6) is 0 Å². The fourth-order valence-electron chi connectivity index (χ4n) is 2.33. The number of aromatic nitrogens is 2.